The predicted octanol–water partition coefficient (Wildman–Crippen LogP) is 3.94. The molecule has 0 radical (unpaired) electrons. The van der Waals surface area contributed by atoms with Crippen LogP contribution in [0.5, 0.6) is 0 Å². The maximum absolute atomic E-state index is 12.0. The average Bonchev–Trinajstić information content (AvgIpc) is 2.58. The predicted molar refractivity (Wildman–Crippen MR) is 97.0 cm³/mol. The van der Waals surface area contributed by atoms with E-state index in [-0.39, 0.29) is 25.9 Å². The summed E-state index contributed by atoms with van der Waals surface area (Å²) in [4.78, 5) is 47.9. The SMILES string of the molecule is CCCCCN(C(=O)O)C(=O)CCCCC(=O)N(CCCCC)C(=O)O. The van der Waals surface area contributed by atoms with Gasteiger partial charge < -0.3 is 10.2 Å². The number of amides is 4. The number of carbonyl (C=O) groups excluding carboxylic acids is 2. The number of hydrogen-bond donors (Lipinski definition) is 2. The number of hydrogen-bond acceptors (Lipinski definition) is 4. The van der Waals surface area contributed by atoms with Crippen LogP contribution in [0.1, 0.15) is 78.1 Å². The van der Waals surface area contributed by atoms with Crippen molar-refractivity contribution in [3.63, 3.8) is 0 Å². The fourth-order valence-electron chi connectivity index (χ4n) is 2.52. The van der Waals surface area contributed by atoms with E-state index in [2.05, 4.69) is 0 Å². The third-order valence-electron chi connectivity index (χ3n) is 4.07. The minimum Gasteiger partial charge on any atom is -0.465 e. The molecule has 0 saturated carbocycles. The molecular weight excluding hydrogens is 340 g/mol. The number of nitrogens with zero attached hydrogens (tertiary/aromatic N) is 2. The zero-order valence-electron chi connectivity index (χ0n) is 15.9. The van der Waals surface area contributed by atoms with E-state index in [1.165, 1.54) is 0 Å². The van der Waals surface area contributed by atoms with Gasteiger partial charge in [0.25, 0.3) is 0 Å². The van der Waals surface area contributed by atoms with Crippen LogP contribution >= 0.6 is 0 Å². The second-order valence-corrected chi connectivity index (χ2v) is 6.28. The van der Waals surface area contributed by atoms with E-state index in [0.717, 1.165) is 35.5 Å². The van der Waals surface area contributed by atoms with Crippen molar-refractivity contribution in [2.75, 3.05) is 13.1 Å². The zero-order valence-corrected chi connectivity index (χ0v) is 15.9. The Kier molecular flexibility index (Phi) is 12.9. The second kappa shape index (κ2) is 14.1. The van der Waals surface area contributed by atoms with Crippen molar-refractivity contribution in [3.8, 4) is 0 Å². The van der Waals surface area contributed by atoms with Crippen molar-refractivity contribution < 1.29 is 29.4 Å². The molecule has 0 aliphatic rings. The quantitative estimate of drug-likeness (QED) is 0.473. The Bertz CT molecular complexity index is 425. The van der Waals surface area contributed by atoms with Gasteiger partial charge in [-0.15, -0.1) is 0 Å². The lowest BCUT2D eigenvalue weighted by Gasteiger charge is -2.18. The molecule has 0 bridgehead atoms. The molecule has 0 fully saturated rings. The molecular formula is C18H32N2O6. The summed E-state index contributed by atoms with van der Waals surface area (Å²) < 4.78 is 0. The van der Waals surface area contributed by atoms with Gasteiger partial charge in [0.05, 0.1) is 0 Å². The van der Waals surface area contributed by atoms with Crippen LogP contribution in [0, 0.1) is 0 Å². The fraction of sp³-hybridized carbons (Fsp3) is 0.778. The van der Waals surface area contributed by atoms with Crippen LogP contribution in [0.25, 0.3) is 0 Å². The molecule has 8 heteroatoms. The molecule has 0 aliphatic heterocycles. The van der Waals surface area contributed by atoms with Crippen LogP contribution < -0.4 is 0 Å². The summed E-state index contributed by atoms with van der Waals surface area (Å²) >= 11 is 0. The van der Waals surface area contributed by atoms with Gasteiger partial charge in [0.2, 0.25) is 11.8 Å². The van der Waals surface area contributed by atoms with E-state index in [1.54, 1.807) is 0 Å². The van der Waals surface area contributed by atoms with Crippen LogP contribution in [-0.2, 0) is 9.59 Å². The van der Waals surface area contributed by atoms with Crippen LogP contribution in [0.4, 0.5) is 9.59 Å². The van der Waals surface area contributed by atoms with Crippen LogP contribution in [-0.4, -0.2) is 57.1 Å². The van der Waals surface area contributed by atoms with Crippen molar-refractivity contribution in [2.24, 2.45) is 0 Å². The van der Waals surface area contributed by atoms with Crippen molar-refractivity contribution in [3.05, 3.63) is 0 Å². The Morgan fingerprint density at radius 2 is 0.962 bits per heavy atom. The highest BCUT2D eigenvalue weighted by Gasteiger charge is 2.21. The molecule has 0 rings (SSSR count). The molecule has 0 saturated heterocycles. The fourth-order valence-corrected chi connectivity index (χ4v) is 2.52. The highest BCUT2D eigenvalue weighted by molar-refractivity contribution is 5.92. The molecule has 26 heavy (non-hydrogen) atoms. The van der Waals surface area contributed by atoms with E-state index >= 15 is 0 Å². The van der Waals surface area contributed by atoms with Gasteiger partial charge in [-0.1, -0.05) is 39.5 Å². The first-order chi connectivity index (χ1) is 12.3. The summed E-state index contributed by atoms with van der Waals surface area (Å²) in [7, 11) is 0. The lowest BCUT2D eigenvalue weighted by Crippen LogP contribution is -2.37. The van der Waals surface area contributed by atoms with E-state index in [4.69, 9.17) is 10.2 Å². The molecule has 0 aromatic heterocycles. The number of unbranched alkanes of at least 4 members (excludes halogenated alkanes) is 5. The van der Waals surface area contributed by atoms with E-state index < -0.39 is 24.0 Å². The van der Waals surface area contributed by atoms with E-state index in [1.807, 2.05) is 13.8 Å². The van der Waals surface area contributed by atoms with Gasteiger partial charge in [0, 0.05) is 25.9 Å². The largest absolute Gasteiger partial charge is 0.465 e. The molecule has 0 aliphatic carbocycles. The van der Waals surface area contributed by atoms with Crippen molar-refractivity contribution in [1.29, 1.82) is 0 Å². The van der Waals surface area contributed by atoms with Crippen molar-refractivity contribution in [2.45, 2.75) is 78.1 Å². The van der Waals surface area contributed by atoms with Gasteiger partial charge >= 0.3 is 12.2 Å². The van der Waals surface area contributed by atoms with Crippen molar-refractivity contribution >= 4 is 24.0 Å². The number of carbonyl (C=O) groups is 4. The normalized spacial score (nSPS) is 10.4. The summed E-state index contributed by atoms with van der Waals surface area (Å²) in [6.45, 7) is 4.36. The first kappa shape index (κ1) is 23.9. The van der Waals surface area contributed by atoms with Gasteiger partial charge in [-0.3, -0.25) is 9.59 Å². The summed E-state index contributed by atoms with van der Waals surface area (Å²) in [6, 6.07) is 0. The molecule has 0 heterocycles. The molecule has 150 valence electrons. The lowest BCUT2D eigenvalue weighted by atomic mass is 10.1. The van der Waals surface area contributed by atoms with Gasteiger partial charge in [-0.05, 0) is 25.7 Å². The monoisotopic (exact) mass is 372 g/mol. The summed E-state index contributed by atoms with van der Waals surface area (Å²) in [5.41, 5.74) is 0. The molecule has 0 spiro atoms. The Morgan fingerprint density at radius 3 is 1.23 bits per heavy atom. The van der Waals surface area contributed by atoms with E-state index in [9.17, 15) is 19.2 Å². The van der Waals surface area contributed by atoms with Gasteiger partial charge in [-0.2, -0.15) is 0 Å². The summed E-state index contributed by atoms with van der Waals surface area (Å²) in [5.74, 6) is -0.946. The first-order valence-electron chi connectivity index (χ1n) is 9.41. The molecule has 0 aromatic carbocycles. The summed E-state index contributed by atoms with van der Waals surface area (Å²) in [5, 5.41) is 18.2. The Balaban J connectivity index is 4.27. The van der Waals surface area contributed by atoms with Crippen molar-refractivity contribution in [1.82, 2.24) is 9.80 Å². The van der Waals surface area contributed by atoms with Crippen LogP contribution in [0.15, 0.2) is 0 Å². The van der Waals surface area contributed by atoms with Crippen LogP contribution in [0.2, 0.25) is 0 Å². The smallest absolute Gasteiger partial charge is 0.414 e. The molecule has 0 aromatic rings. The molecule has 8 nitrogen and oxygen atoms in total. The highest BCUT2D eigenvalue weighted by Crippen LogP contribution is 2.09. The Hall–Kier alpha value is -2.12. The Morgan fingerprint density at radius 1 is 0.615 bits per heavy atom. The zero-order chi connectivity index (χ0) is 19.9. The number of imide groups is 2. The first-order valence-corrected chi connectivity index (χ1v) is 9.41. The minimum absolute atomic E-state index is 0.0363. The molecule has 2 N–H and O–H groups in total. The second-order valence-electron chi connectivity index (χ2n) is 6.28. The minimum atomic E-state index is -1.25. The highest BCUT2D eigenvalue weighted by atomic mass is 16.4. The maximum atomic E-state index is 12.0. The average molecular weight is 372 g/mol. The maximum Gasteiger partial charge on any atom is 0.414 e. The standard InChI is InChI=1S/C18H32N2O6/c1-3-5-9-13-19(17(23)24)15(21)11-7-8-12-16(22)20(18(25)26)14-10-6-4-2/h3-14H2,1-2H3,(H,23,24)(H,25,26). The molecule has 0 unspecified atom stereocenters. The molecule has 0 atom stereocenters. The third-order valence-corrected chi connectivity index (χ3v) is 4.07. The van der Waals surface area contributed by atoms with Crippen LogP contribution in [0.3, 0.4) is 0 Å². The number of carboxylic acid groups (broad SMARTS) is 2. The van der Waals surface area contributed by atoms with Gasteiger partial charge in [0.15, 0.2) is 0 Å². The number of rotatable bonds is 13. The lowest BCUT2D eigenvalue weighted by molar-refractivity contribution is -0.131. The third kappa shape index (κ3) is 10.0. The topological polar surface area (TPSA) is 115 Å². The van der Waals surface area contributed by atoms with E-state index in [0.29, 0.717) is 25.7 Å². The van der Waals surface area contributed by atoms with Gasteiger partial charge in [-0.25, -0.2) is 19.4 Å². The molecule has 4 amide bonds. The van der Waals surface area contributed by atoms with Gasteiger partial charge in [0.1, 0.15) is 0 Å². The Labute approximate surface area is 155 Å². The summed E-state index contributed by atoms with van der Waals surface area (Å²) in [6.07, 6.45) is 3.12.